The molecule has 0 bridgehead atoms. The van der Waals surface area contributed by atoms with Crippen molar-refractivity contribution in [3.8, 4) is 5.75 Å². The molecule has 0 aliphatic carbocycles. The first-order valence-electron chi connectivity index (χ1n) is 8.57. The Balaban J connectivity index is 1.53. The lowest BCUT2D eigenvalue weighted by molar-refractivity contribution is -0.125. The van der Waals surface area contributed by atoms with Crippen LogP contribution >= 0.6 is 0 Å². The molecule has 26 heavy (non-hydrogen) atoms. The summed E-state index contributed by atoms with van der Waals surface area (Å²) in [4.78, 5) is 38.9. The van der Waals surface area contributed by atoms with Crippen LogP contribution in [-0.2, 0) is 4.79 Å². The van der Waals surface area contributed by atoms with Crippen molar-refractivity contribution in [1.29, 1.82) is 0 Å². The maximum absolute atomic E-state index is 12.8. The fourth-order valence-electron chi connectivity index (χ4n) is 3.46. The van der Waals surface area contributed by atoms with E-state index in [-0.39, 0.29) is 11.9 Å². The number of rotatable bonds is 3. The van der Waals surface area contributed by atoms with Gasteiger partial charge in [-0.25, -0.2) is 0 Å². The van der Waals surface area contributed by atoms with Crippen LogP contribution in [0, 0.1) is 0 Å². The predicted molar refractivity (Wildman–Crippen MR) is 93.8 cm³/mol. The van der Waals surface area contributed by atoms with Gasteiger partial charge >= 0.3 is 0 Å². The molecule has 0 fully saturated rings. The molecule has 4 rings (SSSR count). The Hall–Kier alpha value is -3.15. The van der Waals surface area contributed by atoms with E-state index in [9.17, 15) is 14.4 Å². The molecular weight excluding hydrogens is 332 g/mol. The molecular formula is C20H18N2O4. The fraction of sp³-hybridized carbons (Fsp3) is 0.250. The second-order valence-electron chi connectivity index (χ2n) is 6.44. The number of amides is 3. The highest BCUT2D eigenvalue weighted by Gasteiger charge is 2.41. The Kier molecular flexibility index (Phi) is 3.95. The van der Waals surface area contributed by atoms with Crippen molar-refractivity contribution < 1.29 is 19.1 Å². The molecule has 2 aliphatic rings. The minimum absolute atomic E-state index is 0.204. The molecule has 0 saturated heterocycles. The number of benzene rings is 2. The Bertz CT molecular complexity index is 873. The van der Waals surface area contributed by atoms with E-state index < -0.39 is 17.9 Å². The largest absolute Gasteiger partial charge is 0.493 e. The van der Waals surface area contributed by atoms with E-state index in [1.165, 1.54) is 0 Å². The second-order valence-corrected chi connectivity index (χ2v) is 6.44. The molecule has 6 nitrogen and oxygen atoms in total. The first kappa shape index (κ1) is 16.3. The Morgan fingerprint density at radius 1 is 1.08 bits per heavy atom. The lowest BCUT2D eigenvalue weighted by Crippen LogP contribution is -2.49. The van der Waals surface area contributed by atoms with Crippen molar-refractivity contribution in [1.82, 2.24) is 10.2 Å². The highest BCUT2D eigenvalue weighted by atomic mass is 16.5. The minimum atomic E-state index is -0.891. The van der Waals surface area contributed by atoms with E-state index in [4.69, 9.17) is 4.74 Å². The molecule has 0 unspecified atom stereocenters. The van der Waals surface area contributed by atoms with Crippen LogP contribution in [0.4, 0.5) is 0 Å². The summed E-state index contributed by atoms with van der Waals surface area (Å²) in [6, 6.07) is 13.1. The number of para-hydroxylation sites is 1. The molecule has 1 N–H and O–H groups in total. The maximum Gasteiger partial charge on any atom is 0.262 e. The molecule has 2 aliphatic heterocycles. The Morgan fingerprint density at radius 3 is 2.38 bits per heavy atom. The van der Waals surface area contributed by atoms with E-state index in [2.05, 4.69) is 5.32 Å². The third-order valence-corrected chi connectivity index (χ3v) is 4.87. The summed E-state index contributed by atoms with van der Waals surface area (Å²) in [6.07, 6.45) is 0.636. The normalized spacial score (nSPS) is 19.4. The van der Waals surface area contributed by atoms with Crippen molar-refractivity contribution in [3.63, 3.8) is 0 Å². The number of nitrogens with zero attached hydrogens (tertiary/aromatic N) is 1. The van der Waals surface area contributed by atoms with Crippen LogP contribution in [0.3, 0.4) is 0 Å². The molecule has 6 heteroatoms. The third kappa shape index (κ3) is 2.54. The van der Waals surface area contributed by atoms with Gasteiger partial charge in [0.1, 0.15) is 11.8 Å². The maximum atomic E-state index is 12.8. The Morgan fingerprint density at radius 2 is 1.69 bits per heavy atom. The third-order valence-electron chi connectivity index (χ3n) is 4.87. The van der Waals surface area contributed by atoms with Crippen molar-refractivity contribution in [3.05, 3.63) is 65.2 Å². The van der Waals surface area contributed by atoms with Crippen molar-refractivity contribution >= 4 is 17.7 Å². The molecule has 2 aromatic rings. The van der Waals surface area contributed by atoms with E-state index in [1.807, 2.05) is 24.3 Å². The smallest absolute Gasteiger partial charge is 0.262 e. The number of fused-ring (bicyclic) bond motifs is 2. The summed E-state index contributed by atoms with van der Waals surface area (Å²) in [6.45, 7) is 2.08. The monoisotopic (exact) mass is 350 g/mol. The average molecular weight is 350 g/mol. The highest BCUT2D eigenvalue weighted by molar-refractivity contribution is 6.22. The zero-order valence-corrected chi connectivity index (χ0v) is 14.3. The van der Waals surface area contributed by atoms with Crippen molar-refractivity contribution in [2.24, 2.45) is 0 Å². The van der Waals surface area contributed by atoms with Gasteiger partial charge in [0.05, 0.1) is 23.8 Å². The summed E-state index contributed by atoms with van der Waals surface area (Å²) < 4.78 is 5.60. The van der Waals surface area contributed by atoms with Gasteiger partial charge in [0, 0.05) is 12.0 Å². The lowest BCUT2D eigenvalue weighted by atomic mass is 10.00. The quantitative estimate of drug-likeness (QED) is 0.862. The van der Waals surface area contributed by atoms with Crippen LogP contribution in [0.1, 0.15) is 45.7 Å². The molecule has 2 heterocycles. The summed E-state index contributed by atoms with van der Waals surface area (Å²) in [7, 11) is 0. The van der Waals surface area contributed by atoms with E-state index >= 15 is 0 Å². The van der Waals surface area contributed by atoms with Crippen LogP contribution in [0.5, 0.6) is 5.75 Å². The van der Waals surface area contributed by atoms with E-state index in [0.29, 0.717) is 24.2 Å². The molecule has 0 aromatic heterocycles. The molecule has 0 saturated carbocycles. The molecule has 132 valence electrons. The first-order chi connectivity index (χ1) is 12.6. The summed E-state index contributed by atoms with van der Waals surface area (Å²) in [5, 5.41) is 2.95. The van der Waals surface area contributed by atoms with Crippen LogP contribution in [0.2, 0.25) is 0 Å². The van der Waals surface area contributed by atoms with Crippen LogP contribution in [0.25, 0.3) is 0 Å². The molecule has 0 spiro atoms. The van der Waals surface area contributed by atoms with Gasteiger partial charge in [-0.05, 0) is 25.1 Å². The van der Waals surface area contributed by atoms with Gasteiger partial charge in [0.15, 0.2) is 0 Å². The molecule has 0 radical (unpaired) electrons. The van der Waals surface area contributed by atoms with E-state index in [0.717, 1.165) is 16.2 Å². The number of hydrogen-bond acceptors (Lipinski definition) is 4. The summed E-state index contributed by atoms with van der Waals surface area (Å²) in [5.41, 5.74) is 1.59. The van der Waals surface area contributed by atoms with Gasteiger partial charge in [0.2, 0.25) is 5.91 Å². The molecule has 2 aromatic carbocycles. The van der Waals surface area contributed by atoms with Crippen LogP contribution in [0.15, 0.2) is 48.5 Å². The van der Waals surface area contributed by atoms with Crippen molar-refractivity contribution in [2.45, 2.75) is 25.4 Å². The number of imide groups is 1. The first-order valence-corrected chi connectivity index (χ1v) is 8.57. The van der Waals surface area contributed by atoms with Gasteiger partial charge in [-0.1, -0.05) is 30.3 Å². The molecule has 2 atom stereocenters. The number of carbonyl (C=O) groups is 3. The lowest BCUT2D eigenvalue weighted by Gasteiger charge is -2.29. The zero-order chi connectivity index (χ0) is 18.3. The number of ether oxygens (including phenoxy) is 1. The topological polar surface area (TPSA) is 75.7 Å². The summed E-state index contributed by atoms with van der Waals surface area (Å²) in [5.74, 6) is -0.472. The Labute approximate surface area is 150 Å². The van der Waals surface area contributed by atoms with Crippen LogP contribution in [-0.4, -0.2) is 35.3 Å². The van der Waals surface area contributed by atoms with E-state index in [1.54, 1.807) is 31.2 Å². The van der Waals surface area contributed by atoms with Gasteiger partial charge in [-0.2, -0.15) is 0 Å². The standard InChI is InChI=1S/C20H18N2O4/c1-12(22-19(24)13-6-2-3-7-14(13)20(22)25)18(23)21-16-10-11-26-17-9-5-4-8-15(16)17/h2-9,12,16H,10-11H2,1H3,(H,21,23)/t12-,16-/m0/s1. The van der Waals surface area contributed by atoms with Gasteiger partial charge in [-0.15, -0.1) is 0 Å². The van der Waals surface area contributed by atoms with Crippen molar-refractivity contribution in [2.75, 3.05) is 6.61 Å². The molecule has 3 amide bonds. The number of carbonyl (C=O) groups excluding carboxylic acids is 3. The second kappa shape index (κ2) is 6.29. The van der Waals surface area contributed by atoms with Crippen LogP contribution < -0.4 is 10.1 Å². The van der Waals surface area contributed by atoms with Gasteiger partial charge < -0.3 is 10.1 Å². The SMILES string of the molecule is C[C@@H](C(=O)N[C@H]1CCOc2ccccc21)N1C(=O)c2ccccc2C1=O. The fourth-order valence-corrected chi connectivity index (χ4v) is 3.46. The van der Waals surface area contributed by atoms with Gasteiger partial charge in [-0.3, -0.25) is 19.3 Å². The van der Waals surface area contributed by atoms with Gasteiger partial charge in [0.25, 0.3) is 11.8 Å². The number of nitrogens with one attached hydrogen (secondary N) is 1. The number of hydrogen-bond donors (Lipinski definition) is 1. The predicted octanol–water partition coefficient (Wildman–Crippen LogP) is 2.31. The average Bonchev–Trinajstić information content (AvgIpc) is 2.92. The zero-order valence-electron chi connectivity index (χ0n) is 14.3. The highest BCUT2D eigenvalue weighted by Crippen LogP contribution is 2.32. The minimum Gasteiger partial charge on any atom is -0.493 e. The summed E-state index contributed by atoms with van der Waals surface area (Å²) >= 11 is 0.